The maximum absolute atomic E-state index is 12.8. The third-order valence-corrected chi connectivity index (χ3v) is 5.98. The summed E-state index contributed by atoms with van der Waals surface area (Å²) in [6, 6.07) is 5.28. The van der Waals surface area contributed by atoms with Crippen molar-refractivity contribution in [3.8, 4) is 0 Å². The molecule has 0 bridgehead atoms. The molecule has 2 aliphatic rings. The van der Waals surface area contributed by atoms with Crippen molar-refractivity contribution in [2.45, 2.75) is 51.3 Å². The molecule has 1 aliphatic carbocycles. The molecule has 3 atom stereocenters. The molecule has 0 spiro atoms. The highest BCUT2D eigenvalue weighted by Gasteiger charge is 2.38. The number of carbonyl (C=O) groups is 1. The van der Waals surface area contributed by atoms with Crippen LogP contribution in [0.4, 0.5) is 0 Å². The van der Waals surface area contributed by atoms with E-state index in [9.17, 15) is 9.59 Å². The number of aromatic amines is 1. The predicted molar refractivity (Wildman–Crippen MR) is 102 cm³/mol. The second-order valence-electron chi connectivity index (χ2n) is 7.11. The number of ether oxygens (including phenoxy) is 1. The quantitative estimate of drug-likeness (QED) is 0.811. The standard InChI is InChI=1S/C19H23N3O3S/c1-2-22-18(24)13-7-6-11(10-15(13)21-19(22)26)17(23)20-14-4-3-5-16-12(14)8-9-25-16/h6-7,10,12,14,16H,2-5,8-9H2,1H3,(H,20,23)(H,21,26)/t12-,14+,16+/m0/s1. The number of benzene rings is 1. The monoisotopic (exact) mass is 373 g/mol. The zero-order chi connectivity index (χ0) is 18.3. The molecule has 1 aromatic heterocycles. The average Bonchev–Trinajstić information content (AvgIpc) is 3.11. The topological polar surface area (TPSA) is 76.1 Å². The lowest BCUT2D eigenvalue weighted by Crippen LogP contribution is -2.45. The zero-order valence-corrected chi connectivity index (χ0v) is 15.6. The average molecular weight is 373 g/mol. The number of rotatable bonds is 3. The Hall–Kier alpha value is -1.99. The van der Waals surface area contributed by atoms with Crippen molar-refractivity contribution in [3.63, 3.8) is 0 Å². The number of hydrogen-bond acceptors (Lipinski definition) is 4. The zero-order valence-electron chi connectivity index (χ0n) is 14.8. The molecule has 2 fully saturated rings. The summed E-state index contributed by atoms with van der Waals surface area (Å²) < 4.78 is 7.66. The van der Waals surface area contributed by atoms with Gasteiger partial charge < -0.3 is 15.0 Å². The summed E-state index contributed by atoms with van der Waals surface area (Å²) in [7, 11) is 0. The van der Waals surface area contributed by atoms with Crippen LogP contribution < -0.4 is 10.9 Å². The highest BCUT2D eigenvalue weighted by molar-refractivity contribution is 7.71. The Kier molecular flexibility index (Phi) is 4.67. The minimum Gasteiger partial charge on any atom is -0.378 e. The van der Waals surface area contributed by atoms with Crippen LogP contribution >= 0.6 is 12.2 Å². The molecule has 26 heavy (non-hydrogen) atoms. The summed E-state index contributed by atoms with van der Waals surface area (Å²) >= 11 is 5.25. The molecular weight excluding hydrogens is 350 g/mol. The van der Waals surface area contributed by atoms with Crippen LogP contribution in [0.25, 0.3) is 10.9 Å². The van der Waals surface area contributed by atoms with E-state index >= 15 is 0 Å². The van der Waals surface area contributed by atoms with E-state index in [2.05, 4.69) is 10.3 Å². The minimum absolute atomic E-state index is 0.108. The number of nitrogens with one attached hydrogen (secondary N) is 2. The van der Waals surface area contributed by atoms with Gasteiger partial charge in [0, 0.05) is 30.7 Å². The molecule has 0 radical (unpaired) electrons. The molecule has 1 amide bonds. The van der Waals surface area contributed by atoms with E-state index in [4.69, 9.17) is 17.0 Å². The van der Waals surface area contributed by atoms with Crippen molar-refractivity contribution >= 4 is 29.0 Å². The van der Waals surface area contributed by atoms with Gasteiger partial charge in [-0.3, -0.25) is 14.2 Å². The fraction of sp³-hybridized carbons (Fsp3) is 0.526. The number of hydrogen-bond donors (Lipinski definition) is 2. The van der Waals surface area contributed by atoms with Crippen molar-refractivity contribution in [1.29, 1.82) is 0 Å². The summed E-state index contributed by atoms with van der Waals surface area (Å²) in [6.45, 7) is 3.18. The first-order valence-electron chi connectivity index (χ1n) is 9.28. The predicted octanol–water partition coefficient (Wildman–Crippen LogP) is 2.77. The third kappa shape index (κ3) is 2.99. The van der Waals surface area contributed by atoms with Crippen LogP contribution in [0.3, 0.4) is 0 Å². The first-order chi connectivity index (χ1) is 12.6. The number of aromatic nitrogens is 2. The largest absolute Gasteiger partial charge is 0.378 e. The highest BCUT2D eigenvalue weighted by atomic mass is 32.1. The smallest absolute Gasteiger partial charge is 0.262 e. The number of nitrogens with zero attached hydrogens (tertiary/aromatic N) is 1. The Bertz CT molecular complexity index is 965. The molecule has 4 rings (SSSR count). The van der Waals surface area contributed by atoms with E-state index in [0.29, 0.717) is 33.7 Å². The van der Waals surface area contributed by atoms with Crippen molar-refractivity contribution in [1.82, 2.24) is 14.9 Å². The summed E-state index contributed by atoms with van der Waals surface area (Å²) in [5, 5.41) is 3.72. The minimum atomic E-state index is -0.128. The molecule has 2 N–H and O–H groups in total. The fourth-order valence-corrected chi connectivity index (χ4v) is 4.61. The second kappa shape index (κ2) is 6.96. The van der Waals surface area contributed by atoms with Gasteiger partial charge in [-0.2, -0.15) is 0 Å². The molecule has 1 saturated carbocycles. The van der Waals surface area contributed by atoms with Crippen LogP contribution in [-0.2, 0) is 11.3 Å². The molecule has 6 nitrogen and oxygen atoms in total. The summed E-state index contributed by atoms with van der Waals surface area (Å²) in [5.41, 5.74) is 1.01. The molecule has 2 aromatic rings. The van der Waals surface area contributed by atoms with Gasteiger partial charge in [0.2, 0.25) is 0 Å². The van der Waals surface area contributed by atoms with E-state index < -0.39 is 0 Å². The Morgan fingerprint density at radius 2 is 2.23 bits per heavy atom. The van der Waals surface area contributed by atoms with Gasteiger partial charge in [-0.1, -0.05) is 0 Å². The first-order valence-corrected chi connectivity index (χ1v) is 9.68. The highest BCUT2D eigenvalue weighted by Crippen LogP contribution is 2.34. The Balaban J connectivity index is 1.61. The lowest BCUT2D eigenvalue weighted by molar-refractivity contribution is 0.0510. The van der Waals surface area contributed by atoms with Crippen LogP contribution in [0.5, 0.6) is 0 Å². The molecular formula is C19H23N3O3S. The number of fused-ring (bicyclic) bond motifs is 2. The third-order valence-electron chi connectivity index (χ3n) is 5.66. The van der Waals surface area contributed by atoms with Gasteiger partial charge in [0.25, 0.3) is 11.5 Å². The van der Waals surface area contributed by atoms with E-state index in [1.165, 1.54) is 4.57 Å². The molecule has 138 valence electrons. The fourth-order valence-electron chi connectivity index (χ4n) is 4.29. The number of H-pyrrole nitrogens is 1. The SMILES string of the molecule is CCn1c(=S)[nH]c2cc(C(=O)N[C@@H]3CCC[C@H]4OCC[C@@H]34)ccc2c1=O. The maximum Gasteiger partial charge on any atom is 0.262 e. The van der Waals surface area contributed by atoms with Gasteiger partial charge >= 0.3 is 0 Å². The van der Waals surface area contributed by atoms with Gasteiger partial charge in [0.15, 0.2) is 4.77 Å². The lowest BCUT2D eigenvalue weighted by atomic mass is 9.81. The van der Waals surface area contributed by atoms with Crippen LogP contribution in [0.15, 0.2) is 23.0 Å². The Labute approximate surface area is 156 Å². The molecule has 1 aromatic carbocycles. The lowest BCUT2D eigenvalue weighted by Gasteiger charge is -2.33. The molecule has 7 heteroatoms. The van der Waals surface area contributed by atoms with Gasteiger partial charge in [-0.05, 0) is 63.0 Å². The van der Waals surface area contributed by atoms with Gasteiger partial charge in [-0.15, -0.1) is 0 Å². The number of carbonyl (C=O) groups excluding carboxylic acids is 1. The molecule has 0 unspecified atom stereocenters. The van der Waals surface area contributed by atoms with Gasteiger partial charge in [-0.25, -0.2) is 0 Å². The number of amides is 1. The summed E-state index contributed by atoms with van der Waals surface area (Å²) in [4.78, 5) is 28.3. The maximum atomic E-state index is 12.8. The van der Waals surface area contributed by atoms with Crippen molar-refractivity contribution < 1.29 is 9.53 Å². The van der Waals surface area contributed by atoms with Crippen LogP contribution in [0, 0.1) is 10.7 Å². The second-order valence-corrected chi connectivity index (χ2v) is 7.50. The normalized spacial score (nSPS) is 25.2. The summed E-state index contributed by atoms with van der Waals surface area (Å²) in [5.74, 6) is 0.305. The van der Waals surface area contributed by atoms with Crippen molar-refractivity contribution in [2.24, 2.45) is 5.92 Å². The van der Waals surface area contributed by atoms with Crippen LogP contribution in [0.1, 0.15) is 43.0 Å². The van der Waals surface area contributed by atoms with Gasteiger partial charge in [0.1, 0.15) is 0 Å². The van der Waals surface area contributed by atoms with Crippen molar-refractivity contribution in [3.05, 3.63) is 38.9 Å². The molecule has 1 aliphatic heterocycles. The van der Waals surface area contributed by atoms with Crippen LogP contribution in [-0.4, -0.2) is 34.2 Å². The first kappa shape index (κ1) is 17.4. The van der Waals surface area contributed by atoms with Crippen molar-refractivity contribution in [2.75, 3.05) is 6.61 Å². The van der Waals surface area contributed by atoms with E-state index in [-0.39, 0.29) is 23.6 Å². The van der Waals surface area contributed by atoms with E-state index in [1.54, 1.807) is 18.2 Å². The van der Waals surface area contributed by atoms with Crippen LogP contribution in [0.2, 0.25) is 0 Å². The van der Waals surface area contributed by atoms with E-state index in [0.717, 1.165) is 32.3 Å². The molecule has 2 heterocycles. The van der Waals surface area contributed by atoms with E-state index in [1.807, 2.05) is 6.92 Å². The Morgan fingerprint density at radius 3 is 3.04 bits per heavy atom. The van der Waals surface area contributed by atoms with Gasteiger partial charge in [0.05, 0.1) is 17.0 Å². The molecule has 1 saturated heterocycles. The summed E-state index contributed by atoms with van der Waals surface area (Å²) in [6.07, 6.45) is 4.46. The Morgan fingerprint density at radius 1 is 1.38 bits per heavy atom.